The van der Waals surface area contributed by atoms with E-state index >= 15 is 0 Å². The molecule has 2 atom stereocenters. The summed E-state index contributed by atoms with van der Waals surface area (Å²) in [5.74, 6) is 0.662. The van der Waals surface area contributed by atoms with Crippen LogP contribution in [-0.2, 0) is 0 Å². The van der Waals surface area contributed by atoms with E-state index in [1.165, 1.54) is 19.3 Å². The van der Waals surface area contributed by atoms with Gasteiger partial charge < -0.3 is 0 Å². The summed E-state index contributed by atoms with van der Waals surface area (Å²) < 4.78 is 0.364. The molecule has 128 valence electrons. The van der Waals surface area contributed by atoms with Gasteiger partial charge in [0, 0.05) is 10.8 Å². The van der Waals surface area contributed by atoms with Crippen molar-refractivity contribution in [2.24, 2.45) is 0 Å². The van der Waals surface area contributed by atoms with Gasteiger partial charge in [0.05, 0.1) is 20.9 Å². The standard InChI is InChI=1S/C21H30SSi2/c1-23(2,3)18-14-15-10-9-13-21(15)19(20(18)24(4,5)6)16-11-7-8-12-17(16)22-21/h7-8,11-12,14,19H,9-10,13H2,1-6H3/t19-,21+/m0/s1. The molecule has 1 aliphatic heterocycles. The lowest BCUT2D eigenvalue weighted by Crippen LogP contribution is -2.44. The zero-order valence-corrected chi connectivity index (χ0v) is 18.8. The van der Waals surface area contributed by atoms with Crippen LogP contribution in [0.15, 0.2) is 51.2 Å². The molecule has 3 heteroatoms. The van der Waals surface area contributed by atoms with Crippen molar-refractivity contribution < 1.29 is 0 Å². The van der Waals surface area contributed by atoms with Gasteiger partial charge in [-0.05, 0) is 30.9 Å². The zero-order valence-electron chi connectivity index (χ0n) is 16.0. The maximum Gasteiger partial charge on any atom is 0.0770 e. The van der Waals surface area contributed by atoms with Crippen LogP contribution in [0.3, 0.4) is 0 Å². The highest BCUT2D eigenvalue weighted by Crippen LogP contribution is 2.67. The van der Waals surface area contributed by atoms with Crippen LogP contribution < -0.4 is 0 Å². The van der Waals surface area contributed by atoms with Crippen LogP contribution in [0.1, 0.15) is 30.7 Å². The Hall–Kier alpha value is -0.516. The maximum atomic E-state index is 2.71. The lowest BCUT2D eigenvalue weighted by atomic mass is 9.78. The predicted octanol–water partition coefficient (Wildman–Crippen LogP) is 6.79. The fraction of sp³-hybridized carbons (Fsp3) is 0.524. The maximum absolute atomic E-state index is 2.71. The fourth-order valence-electron chi connectivity index (χ4n) is 5.13. The Balaban J connectivity index is 2.05. The highest BCUT2D eigenvalue weighted by molar-refractivity contribution is 8.01. The van der Waals surface area contributed by atoms with Crippen molar-refractivity contribution in [3.05, 3.63) is 51.9 Å². The average molecular weight is 371 g/mol. The molecule has 2 aliphatic carbocycles. The van der Waals surface area contributed by atoms with Crippen molar-refractivity contribution in [1.82, 2.24) is 0 Å². The summed E-state index contributed by atoms with van der Waals surface area (Å²) in [5.41, 5.74) is 3.41. The quantitative estimate of drug-likeness (QED) is 0.516. The topological polar surface area (TPSA) is 0 Å². The van der Waals surface area contributed by atoms with E-state index in [1.807, 2.05) is 5.20 Å². The molecule has 4 rings (SSSR count). The Morgan fingerprint density at radius 2 is 1.71 bits per heavy atom. The Morgan fingerprint density at radius 1 is 1.00 bits per heavy atom. The van der Waals surface area contributed by atoms with Crippen LogP contribution in [0.25, 0.3) is 0 Å². The number of rotatable bonds is 2. The Bertz CT molecular complexity index is 761. The first kappa shape index (κ1) is 16.9. The van der Waals surface area contributed by atoms with Crippen LogP contribution in [0.2, 0.25) is 39.3 Å². The van der Waals surface area contributed by atoms with E-state index < -0.39 is 16.1 Å². The number of hydrogen-bond acceptors (Lipinski definition) is 1. The highest BCUT2D eigenvalue weighted by atomic mass is 32.2. The summed E-state index contributed by atoms with van der Waals surface area (Å²) in [6.45, 7) is 15.4. The molecule has 0 unspecified atom stereocenters. The van der Waals surface area contributed by atoms with Crippen LogP contribution in [-0.4, -0.2) is 20.9 Å². The first-order valence-electron chi connectivity index (χ1n) is 9.39. The Kier molecular flexibility index (Phi) is 3.70. The molecule has 1 fully saturated rings. The molecule has 1 spiro atoms. The van der Waals surface area contributed by atoms with E-state index in [0.29, 0.717) is 10.7 Å². The first-order chi connectivity index (χ1) is 11.1. The van der Waals surface area contributed by atoms with Crippen molar-refractivity contribution >= 4 is 27.9 Å². The van der Waals surface area contributed by atoms with Gasteiger partial charge in [0.15, 0.2) is 0 Å². The molecule has 1 heterocycles. The van der Waals surface area contributed by atoms with E-state index in [4.69, 9.17) is 0 Å². The largest absolute Gasteiger partial charge is 0.114 e. The Labute approximate surface area is 153 Å². The van der Waals surface area contributed by atoms with Gasteiger partial charge in [-0.15, -0.1) is 11.8 Å². The van der Waals surface area contributed by atoms with Gasteiger partial charge in [-0.3, -0.25) is 0 Å². The molecule has 24 heavy (non-hydrogen) atoms. The number of allylic oxidation sites excluding steroid dienone is 3. The van der Waals surface area contributed by atoms with Gasteiger partial charge in [0.25, 0.3) is 0 Å². The molecule has 0 aromatic heterocycles. The van der Waals surface area contributed by atoms with Crippen LogP contribution >= 0.6 is 11.8 Å². The molecular weight excluding hydrogens is 340 g/mol. The minimum atomic E-state index is -1.39. The Morgan fingerprint density at radius 3 is 2.38 bits per heavy atom. The molecule has 0 saturated heterocycles. The zero-order chi connectivity index (χ0) is 17.3. The molecule has 0 bridgehead atoms. The third-order valence-corrected chi connectivity index (χ3v) is 12.2. The number of hydrogen-bond donors (Lipinski definition) is 0. The van der Waals surface area contributed by atoms with E-state index in [0.717, 1.165) is 0 Å². The number of benzene rings is 1. The SMILES string of the molecule is C[Si](C)(C)C1=C([Si](C)(C)C)[C@@H]2c3ccccc3S[C@@]23CCCC3=C1. The average Bonchev–Trinajstić information content (AvgIpc) is 3.01. The summed E-state index contributed by atoms with van der Waals surface area (Å²) in [4.78, 5) is 1.56. The molecule has 1 aromatic carbocycles. The second kappa shape index (κ2) is 5.24. The summed E-state index contributed by atoms with van der Waals surface area (Å²) in [7, 11) is -2.74. The van der Waals surface area contributed by atoms with Crippen LogP contribution in [0, 0.1) is 0 Å². The van der Waals surface area contributed by atoms with Gasteiger partial charge in [-0.2, -0.15) is 0 Å². The smallest absolute Gasteiger partial charge is 0.0770 e. The van der Waals surface area contributed by atoms with E-state index in [2.05, 4.69) is 81.4 Å². The van der Waals surface area contributed by atoms with Gasteiger partial charge in [-0.25, -0.2) is 0 Å². The van der Waals surface area contributed by atoms with Crippen molar-refractivity contribution in [1.29, 1.82) is 0 Å². The summed E-state index contributed by atoms with van der Waals surface area (Å²) in [6, 6.07) is 9.31. The molecule has 3 aliphatic rings. The summed E-state index contributed by atoms with van der Waals surface area (Å²) in [5, 5.41) is 3.70. The fourth-order valence-corrected chi connectivity index (χ4v) is 12.9. The molecule has 1 saturated carbocycles. The second-order valence-corrected chi connectivity index (χ2v) is 21.3. The van der Waals surface area contributed by atoms with Crippen molar-refractivity contribution in [2.75, 3.05) is 0 Å². The molecular formula is C21H30SSi2. The monoisotopic (exact) mass is 370 g/mol. The predicted molar refractivity (Wildman–Crippen MR) is 113 cm³/mol. The summed E-state index contributed by atoms with van der Waals surface area (Å²) >= 11 is 2.21. The third-order valence-electron chi connectivity index (χ3n) is 6.04. The first-order valence-corrected chi connectivity index (χ1v) is 17.2. The lowest BCUT2D eigenvalue weighted by Gasteiger charge is -2.45. The highest BCUT2D eigenvalue weighted by Gasteiger charge is 2.57. The van der Waals surface area contributed by atoms with Gasteiger partial charge in [-0.1, -0.05) is 79.5 Å². The second-order valence-electron chi connectivity index (χ2n) is 9.81. The lowest BCUT2D eigenvalue weighted by molar-refractivity contribution is 0.609. The van der Waals surface area contributed by atoms with E-state index in [-0.39, 0.29) is 0 Å². The van der Waals surface area contributed by atoms with Gasteiger partial charge in [0.1, 0.15) is 0 Å². The molecule has 0 N–H and O–H groups in total. The van der Waals surface area contributed by atoms with Crippen molar-refractivity contribution in [3.63, 3.8) is 0 Å². The van der Waals surface area contributed by atoms with Crippen LogP contribution in [0.4, 0.5) is 0 Å². The van der Waals surface area contributed by atoms with Gasteiger partial charge in [0.2, 0.25) is 0 Å². The molecule has 0 radical (unpaired) electrons. The number of thioether (sulfide) groups is 1. The van der Waals surface area contributed by atoms with Crippen molar-refractivity contribution in [3.8, 4) is 0 Å². The van der Waals surface area contributed by atoms with E-state index in [9.17, 15) is 0 Å². The normalized spacial score (nSPS) is 29.2. The van der Waals surface area contributed by atoms with E-state index in [1.54, 1.807) is 21.2 Å². The van der Waals surface area contributed by atoms with Crippen LogP contribution in [0.5, 0.6) is 0 Å². The minimum Gasteiger partial charge on any atom is -0.114 e. The van der Waals surface area contributed by atoms with Crippen molar-refractivity contribution in [2.45, 2.75) is 74.1 Å². The third kappa shape index (κ3) is 2.31. The molecule has 0 amide bonds. The molecule has 1 aromatic rings. The molecule has 0 nitrogen and oxygen atoms in total. The summed E-state index contributed by atoms with van der Waals surface area (Å²) in [6.07, 6.45) is 6.78. The minimum absolute atomic E-state index is 0.364. The van der Waals surface area contributed by atoms with Gasteiger partial charge >= 0.3 is 0 Å². The number of fused-ring (bicyclic) bond motifs is 2.